The fourth-order valence-electron chi connectivity index (χ4n) is 4.77. The highest BCUT2D eigenvalue weighted by Gasteiger charge is 2.31. The predicted octanol–water partition coefficient (Wildman–Crippen LogP) is 5.44. The number of benzene rings is 2. The molecule has 0 saturated heterocycles. The molecule has 0 atom stereocenters. The molecule has 1 amide bonds. The Balaban J connectivity index is 2.06. The number of rotatable bonds is 8. The van der Waals surface area contributed by atoms with Crippen molar-refractivity contribution in [1.82, 2.24) is 10.3 Å². The van der Waals surface area contributed by atoms with Crippen LogP contribution in [0.15, 0.2) is 65.7 Å². The molecule has 1 aromatic heterocycles. The first-order valence-corrected chi connectivity index (χ1v) is 12.4. The van der Waals surface area contributed by atoms with Gasteiger partial charge < -0.3 is 10.1 Å². The third-order valence-corrected chi connectivity index (χ3v) is 6.43. The molecule has 36 heavy (non-hydrogen) atoms. The highest BCUT2D eigenvalue weighted by molar-refractivity contribution is 6.15. The second-order valence-electron chi connectivity index (χ2n) is 8.74. The van der Waals surface area contributed by atoms with Gasteiger partial charge in [0.1, 0.15) is 5.84 Å². The zero-order valence-corrected chi connectivity index (χ0v) is 21.0. The van der Waals surface area contributed by atoms with Gasteiger partial charge in [0.2, 0.25) is 6.41 Å². The van der Waals surface area contributed by atoms with E-state index in [0.29, 0.717) is 39.7 Å². The molecule has 2 aromatic carbocycles. The van der Waals surface area contributed by atoms with Crippen molar-refractivity contribution in [3.63, 3.8) is 0 Å². The van der Waals surface area contributed by atoms with Crippen LogP contribution in [0.3, 0.4) is 0 Å². The van der Waals surface area contributed by atoms with E-state index < -0.39 is 5.97 Å². The molecular weight excluding hydrogens is 452 g/mol. The Morgan fingerprint density at radius 1 is 1.08 bits per heavy atom. The van der Waals surface area contributed by atoms with Gasteiger partial charge >= 0.3 is 5.97 Å². The van der Waals surface area contributed by atoms with E-state index in [1.165, 1.54) is 4.90 Å². The Kier molecular flexibility index (Phi) is 8.10. The molecule has 1 aliphatic rings. The lowest BCUT2D eigenvalue weighted by Crippen LogP contribution is -2.36. The fraction of sp³-hybridized carbons (Fsp3) is 0.310. The number of para-hydroxylation sites is 1. The van der Waals surface area contributed by atoms with Gasteiger partial charge in [-0.15, -0.1) is 0 Å². The number of aromatic nitrogens is 1. The SMILES string of the molecule is CCOC(=O)c1c(C)nc(N(C=O)c2ccccc2)c(C(=NC)NC2CCCC2)c1-c1ccccc1. The van der Waals surface area contributed by atoms with E-state index in [0.717, 1.165) is 37.7 Å². The normalized spacial score (nSPS) is 13.9. The van der Waals surface area contributed by atoms with Crippen LogP contribution < -0.4 is 10.2 Å². The molecule has 1 N–H and O–H groups in total. The maximum absolute atomic E-state index is 13.3. The smallest absolute Gasteiger partial charge is 0.340 e. The number of carbonyl (C=O) groups excluding carboxylic acids is 2. The van der Waals surface area contributed by atoms with Crippen molar-refractivity contribution in [3.05, 3.63) is 77.5 Å². The number of pyridine rings is 1. The van der Waals surface area contributed by atoms with Gasteiger partial charge in [0.05, 0.1) is 29.1 Å². The first-order valence-electron chi connectivity index (χ1n) is 12.4. The third-order valence-electron chi connectivity index (χ3n) is 6.43. The van der Waals surface area contributed by atoms with Gasteiger partial charge in [-0.05, 0) is 44.4 Å². The van der Waals surface area contributed by atoms with Crippen LogP contribution in [0.1, 0.15) is 54.2 Å². The van der Waals surface area contributed by atoms with Crippen molar-refractivity contribution >= 4 is 29.7 Å². The van der Waals surface area contributed by atoms with Crippen LogP contribution in [-0.4, -0.2) is 42.9 Å². The first-order chi connectivity index (χ1) is 17.6. The number of amides is 1. The molecule has 0 aliphatic heterocycles. The third kappa shape index (κ3) is 5.15. The minimum atomic E-state index is -0.456. The number of carbonyl (C=O) groups is 2. The van der Waals surface area contributed by atoms with Crippen molar-refractivity contribution < 1.29 is 14.3 Å². The summed E-state index contributed by atoms with van der Waals surface area (Å²) in [4.78, 5) is 36.8. The summed E-state index contributed by atoms with van der Waals surface area (Å²) in [6.07, 6.45) is 5.13. The lowest BCUT2D eigenvalue weighted by atomic mass is 9.92. The number of amidine groups is 1. The van der Waals surface area contributed by atoms with E-state index in [9.17, 15) is 9.59 Å². The van der Waals surface area contributed by atoms with E-state index >= 15 is 0 Å². The maximum Gasteiger partial charge on any atom is 0.340 e. The van der Waals surface area contributed by atoms with Gasteiger partial charge in [-0.1, -0.05) is 61.4 Å². The van der Waals surface area contributed by atoms with E-state index in [1.54, 1.807) is 20.9 Å². The largest absolute Gasteiger partial charge is 0.462 e. The number of aliphatic imine (C=N–C) groups is 1. The van der Waals surface area contributed by atoms with Crippen molar-refractivity contribution in [2.24, 2.45) is 4.99 Å². The summed E-state index contributed by atoms with van der Waals surface area (Å²) in [6.45, 7) is 3.79. The zero-order chi connectivity index (χ0) is 25.5. The molecule has 0 spiro atoms. The summed E-state index contributed by atoms with van der Waals surface area (Å²) in [5.41, 5.74) is 3.57. The number of hydrogen-bond donors (Lipinski definition) is 1. The van der Waals surface area contributed by atoms with Crippen LogP contribution in [0, 0.1) is 6.92 Å². The lowest BCUT2D eigenvalue weighted by molar-refractivity contribution is -0.106. The molecule has 0 unspecified atom stereocenters. The molecule has 4 rings (SSSR count). The minimum Gasteiger partial charge on any atom is -0.462 e. The van der Waals surface area contributed by atoms with Gasteiger partial charge in [-0.2, -0.15) is 0 Å². The minimum absolute atomic E-state index is 0.239. The van der Waals surface area contributed by atoms with Gasteiger partial charge in [-0.3, -0.25) is 14.7 Å². The molecular formula is C29H32N4O3. The van der Waals surface area contributed by atoms with Crippen LogP contribution in [0.4, 0.5) is 11.5 Å². The van der Waals surface area contributed by atoms with Crippen LogP contribution >= 0.6 is 0 Å². The van der Waals surface area contributed by atoms with E-state index in [2.05, 4.69) is 10.3 Å². The van der Waals surface area contributed by atoms with Crippen LogP contribution in [-0.2, 0) is 9.53 Å². The number of hydrogen-bond acceptors (Lipinski definition) is 5. The van der Waals surface area contributed by atoms with E-state index in [4.69, 9.17) is 9.72 Å². The first kappa shape index (κ1) is 25.1. The lowest BCUT2D eigenvalue weighted by Gasteiger charge is -2.27. The van der Waals surface area contributed by atoms with Crippen molar-refractivity contribution in [2.75, 3.05) is 18.6 Å². The molecule has 0 radical (unpaired) electrons. The Morgan fingerprint density at radius 3 is 2.31 bits per heavy atom. The molecule has 1 saturated carbocycles. The van der Waals surface area contributed by atoms with Crippen LogP contribution in [0.2, 0.25) is 0 Å². The van der Waals surface area contributed by atoms with Crippen LogP contribution in [0.5, 0.6) is 0 Å². The standard InChI is InChI=1S/C29H32N4O3/c1-4-36-29(35)24-20(2)31-28(33(19-34)23-17-9-6-10-18-23)26(25(24)21-13-7-5-8-14-21)27(30-3)32-22-15-11-12-16-22/h5-10,13-14,17-19,22H,4,11-12,15-16H2,1-3H3,(H,30,32). The highest BCUT2D eigenvalue weighted by Crippen LogP contribution is 2.38. The Bertz CT molecular complexity index is 1240. The van der Waals surface area contributed by atoms with E-state index in [1.807, 2.05) is 60.7 Å². The number of ether oxygens (including phenoxy) is 1. The molecule has 0 bridgehead atoms. The summed E-state index contributed by atoms with van der Waals surface area (Å²) in [5.74, 6) is 0.547. The summed E-state index contributed by atoms with van der Waals surface area (Å²) in [7, 11) is 1.72. The summed E-state index contributed by atoms with van der Waals surface area (Å²) >= 11 is 0. The zero-order valence-electron chi connectivity index (χ0n) is 21.0. The average Bonchev–Trinajstić information content (AvgIpc) is 3.42. The monoisotopic (exact) mass is 484 g/mol. The average molecular weight is 485 g/mol. The Labute approximate surface area is 212 Å². The van der Waals surface area contributed by atoms with Gasteiger partial charge in [-0.25, -0.2) is 9.78 Å². The van der Waals surface area contributed by atoms with Crippen molar-refractivity contribution in [1.29, 1.82) is 0 Å². The Morgan fingerprint density at radius 2 is 1.72 bits per heavy atom. The van der Waals surface area contributed by atoms with E-state index in [-0.39, 0.29) is 12.6 Å². The van der Waals surface area contributed by atoms with Gasteiger partial charge in [0.25, 0.3) is 0 Å². The number of nitrogens with one attached hydrogen (secondary N) is 1. The molecule has 1 heterocycles. The second kappa shape index (κ2) is 11.6. The highest BCUT2D eigenvalue weighted by atomic mass is 16.5. The summed E-state index contributed by atoms with van der Waals surface area (Å²) in [6, 6.07) is 19.3. The fourth-order valence-corrected chi connectivity index (χ4v) is 4.77. The quantitative estimate of drug-likeness (QED) is 0.199. The van der Waals surface area contributed by atoms with Crippen LogP contribution in [0.25, 0.3) is 11.1 Å². The topological polar surface area (TPSA) is 83.9 Å². The molecule has 1 aliphatic carbocycles. The van der Waals surface area contributed by atoms with Gasteiger partial charge in [0, 0.05) is 18.7 Å². The maximum atomic E-state index is 13.3. The number of anilines is 2. The van der Waals surface area contributed by atoms with Crippen molar-refractivity contribution in [2.45, 2.75) is 45.6 Å². The number of nitrogens with zero attached hydrogens (tertiary/aromatic N) is 3. The van der Waals surface area contributed by atoms with Crippen molar-refractivity contribution in [3.8, 4) is 11.1 Å². The summed E-state index contributed by atoms with van der Waals surface area (Å²) < 4.78 is 5.46. The second-order valence-corrected chi connectivity index (χ2v) is 8.74. The number of aryl methyl sites for hydroxylation is 1. The Hall–Kier alpha value is -4.00. The summed E-state index contributed by atoms with van der Waals surface area (Å²) in [5, 5.41) is 3.60. The number of esters is 1. The van der Waals surface area contributed by atoms with Gasteiger partial charge in [0.15, 0.2) is 5.82 Å². The molecule has 7 nitrogen and oxygen atoms in total. The predicted molar refractivity (Wildman–Crippen MR) is 143 cm³/mol. The molecule has 186 valence electrons. The molecule has 3 aromatic rings. The molecule has 1 fully saturated rings. The molecule has 7 heteroatoms.